The van der Waals surface area contributed by atoms with Gasteiger partial charge in [-0.1, -0.05) is 38.1 Å². The van der Waals surface area contributed by atoms with E-state index in [4.69, 9.17) is 4.74 Å². The van der Waals surface area contributed by atoms with Crippen LogP contribution in [-0.2, 0) is 9.59 Å². The van der Waals surface area contributed by atoms with Gasteiger partial charge in [-0.05, 0) is 67.5 Å². The number of carbonyl (C=O) groups excluding carboxylic acids is 2. The summed E-state index contributed by atoms with van der Waals surface area (Å²) in [7, 11) is 0. The lowest BCUT2D eigenvalue weighted by Crippen LogP contribution is -2.39. The quantitative estimate of drug-likeness (QED) is 0.633. The summed E-state index contributed by atoms with van der Waals surface area (Å²) in [5.41, 5.74) is 3.40. The molecule has 0 bridgehead atoms. The maximum absolute atomic E-state index is 13.6. The molecule has 2 aromatic carbocycles. The van der Waals surface area contributed by atoms with Gasteiger partial charge in [0.15, 0.2) is 0 Å². The van der Waals surface area contributed by atoms with Gasteiger partial charge in [0, 0.05) is 13.1 Å². The number of nitrogens with zero attached hydrogens (tertiary/aromatic N) is 2. The minimum atomic E-state index is -0.258. The zero-order valence-electron chi connectivity index (χ0n) is 18.6. The van der Waals surface area contributed by atoms with Crippen molar-refractivity contribution in [3.63, 3.8) is 0 Å². The lowest BCUT2D eigenvalue weighted by Gasteiger charge is -2.33. The van der Waals surface area contributed by atoms with Crippen LogP contribution < -0.4 is 9.64 Å². The first-order chi connectivity index (χ1) is 15.0. The summed E-state index contributed by atoms with van der Waals surface area (Å²) in [5, 5.41) is 0. The van der Waals surface area contributed by atoms with E-state index >= 15 is 0 Å². The summed E-state index contributed by atoms with van der Waals surface area (Å²) in [5.74, 6) is 0.770. The minimum Gasteiger partial charge on any atom is -0.494 e. The van der Waals surface area contributed by atoms with E-state index in [1.165, 1.54) is 4.90 Å². The van der Waals surface area contributed by atoms with E-state index in [0.717, 1.165) is 49.2 Å². The Hall–Kier alpha value is -3.08. The highest BCUT2D eigenvalue weighted by Crippen LogP contribution is 2.37. The molecule has 2 aliphatic rings. The molecule has 162 valence electrons. The van der Waals surface area contributed by atoms with Crippen molar-refractivity contribution < 1.29 is 14.3 Å². The smallest absolute Gasteiger partial charge is 0.282 e. The molecule has 1 atom stereocenters. The predicted octanol–water partition coefficient (Wildman–Crippen LogP) is 4.80. The van der Waals surface area contributed by atoms with Crippen molar-refractivity contribution in [1.82, 2.24) is 4.90 Å². The van der Waals surface area contributed by atoms with Gasteiger partial charge in [-0.3, -0.25) is 9.59 Å². The summed E-state index contributed by atoms with van der Waals surface area (Å²) >= 11 is 0. The third-order valence-electron chi connectivity index (χ3n) is 5.91. The Morgan fingerprint density at radius 1 is 1.06 bits per heavy atom. The van der Waals surface area contributed by atoms with Crippen LogP contribution in [0.25, 0.3) is 5.57 Å². The Kier molecular flexibility index (Phi) is 6.12. The second-order valence-corrected chi connectivity index (χ2v) is 8.57. The van der Waals surface area contributed by atoms with Crippen LogP contribution in [0.1, 0.15) is 44.2 Å². The van der Waals surface area contributed by atoms with Crippen molar-refractivity contribution in [3.8, 4) is 5.75 Å². The minimum absolute atomic E-state index is 0.231. The normalized spacial score (nSPS) is 19.4. The summed E-state index contributed by atoms with van der Waals surface area (Å²) in [6.45, 7) is 8.46. The van der Waals surface area contributed by atoms with Crippen LogP contribution >= 0.6 is 0 Å². The fraction of sp³-hybridized carbons (Fsp3) is 0.385. The van der Waals surface area contributed by atoms with E-state index in [1.54, 1.807) is 0 Å². The fourth-order valence-corrected chi connectivity index (χ4v) is 4.40. The van der Waals surface area contributed by atoms with Crippen molar-refractivity contribution in [2.24, 2.45) is 5.92 Å². The van der Waals surface area contributed by atoms with Gasteiger partial charge in [-0.15, -0.1) is 0 Å². The van der Waals surface area contributed by atoms with E-state index < -0.39 is 0 Å². The molecule has 0 spiro atoms. The van der Waals surface area contributed by atoms with Gasteiger partial charge in [0.25, 0.3) is 11.8 Å². The number of aryl methyl sites for hydroxylation is 1. The highest BCUT2D eigenvalue weighted by molar-refractivity contribution is 6.45. The Labute approximate surface area is 184 Å². The van der Waals surface area contributed by atoms with Crippen LogP contribution in [0.4, 0.5) is 5.69 Å². The monoisotopic (exact) mass is 418 g/mol. The number of likely N-dealkylation sites (tertiary alicyclic amines) is 1. The number of anilines is 1. The number of amides is 2. The molecule has 0 saturated carbocycles. The molecule has 0 N–H and O–H groups in total. The molecule has 2 amide bonds. The van der Waals surface area contributed by atoms with Gasteiger partial charge in [0.2, 0.25) is 0 Å². The Balaban J connectivity index is 1.76. The maximum atomic E-state index is 13.6. The number of hydrogen-bond acceptors (Lipinski definition) is 4. The van der Waals surface area contributed by atoms with Crippen LogP contribution in [-0.4, -0.2) is 36.4 Å². The second-order valence-electron chi connectivity index (χ2n) is 8.57. The number of rotatable bonds is 6. The average Bonchev–Trinajstić information content (AvgIpc) is 3.02. The number of carbonyl (C=O) groups is 2. The van der Waals surface area contributed by atoms with Gasteiger partial charge in [0.1, 0.15) is 11.4 Å². The zero-order chi connectivity index (χ0) is 22.0. The van der Waals surface area contributed by atoms with Crippen molar-refractivity contribution in [3.05, 3.63) is 65.4 Å². The Bertz CT molecular complexity index is 1010. The molecule has 1 unspecified atom stereocenters. The lowest BCUT2D eigenvalue weighted by molar-refractivity contribution is -0.120. The van der Waals surface area contributed by atoms with Crippen molar-refractivity contribution in [1.29, 1.82) is 0 Å². The number of benzene rings is 2. The first-order valence-electron chi connectivity index (χ1n) is 11.2. The molecule has 0 radical (unpaired) electrons. The zero-order valence-corrected chi connectivity index (χ0v) is 18.6. The molecule has 31 heavy (non-hydrogen) atoms. The molecule has 1 fully saturated rings. The molecular formula is C26H30N2O3. The van der Waals surface area contributed by atoms with Crippen molar-refractivity contribution in [2.45, 2.75) is 40.0 Å². The Morgan fingerprint density at radius 3 is 2.52 bits per heavy atom. The average molecular weight is 419 g/mol. The molecular weight excluding hydrogens is 388 g/mol. The SMILES string of the molecule is CCCOc1ccc(C2=C(N3CCCC(C)C3)C(=O)N(c3cccc(C)c3)C2=O)cc1. The number of imide groups is 1. The molecule has 0 aliphatic carbocycles. The Morgan fingerprint density at radius 2 is 1.84 bits per heavy atom. The second kappa shape index (κ2) is 8.96. The van der Waals surface area contributed by atoms with E-state index in [2.05, 4.69) is 18.7 Å². The van der Waals surface area contributed by atoms with Gasteiger partial charge in [-0.25, -0.2) is 4.90 Å². The van der Waals surface area contributed by atoms with Gasteiger partial charge >= 0.3 is 0 Å². The van der Waals surface area contributed by atoms with E-state index in [9.17, 15) is 9.59 Å². The first kappa shape index (κ1) is 21.2. The first-order valence-corrected chi connectivity index (χ1v) is 11.2. The predicted molar refractivity (Wildman–Crippen MR) is 123 cm³/mol. The fourth-order valence-electron chi connectivity index (χ4n) is 4.40. The third-order valence-corrected chi connectivity index (χ3v) is 5.91. The van der Waals surface area contributed by atoms with Gasteiger partial charge in [-0.2, -0.15) is 0 Å². The van der Waals surface area contributed by atoms with Crippen LogP contribution in [0.2, 0.25) is 0 Å². The molecule has 2 heterocycles. The number of ether oxygens (including phenoxy) is 1. The van der Waals surface area contributed by atoms with Crippen LogP contribution in [0.3, 0.4) is 0 Å². The molecule has 2 aliphatic heterocycles. The highest BCUT2D eigenvalue weighted by Gasteiger charge is 2.43. The number of piperidine rings is 1. The molecule has 5 nitrogen and oxygen atoms in total. The summed E-state index contributed by atoms with van der Waals surface area (Å²) in [4.78, 5) is 30.7. The number of hydrogen-bond donors (Lipinski definition) is 0. The molecule has 2 aromatic rings. The van der Waals surface area contributed by atoms with Crippen LogP contribution in [0.15, 0.2) is 54.2 Å². The highest BCUT2D eigenvalue weighted by atomic mass is 16.5. The topological polar surface area (TPSA) is 49.9 Å². The third kappa shape index (κ3) is 4.22. The van der Waals surface area contributed by atoms with Crippen molar-refractivity contribution in [2.75, 3.05) is 24.6 Å². The van der Waals surface area contributed by atoms with Crippen molar-refractivity contribution >= 4 is 23.1 Å². The summed E-state index contributed by atoms with van der Waals surface area (Å²) in [6, 6.07) is 15.1. The summed E-state index contributed by atoms with van der Waals surface area (Å²) in [6.07, 6.45) is 3.10. The van der Waals surface area contributed by atoms with E-state index in [-0.39, 0.29) is 11.8 Å². The van der Waals surface area contributed by atoms with E-state index in [0.29, 0.717) is 29.5 Å². The van der Waals surface area contributed by atoms with Crippen LogP contribution in [0, 0.1) is 12.8 Å². The molecule has 0 aromatic heterocycles. The van der Waals surface area contributed by atoms with E-state index in [1.807, 2.05) is 55.5 Å². The lowest BCUT2D eigenvalue weighted by atomic mass is 9.97. The maximum Gasteiger partial charge on any atom is 0.282 e. The van der Waals surface area contributed by atoms with Crippen LogP contribution in [0.5, 0.6) is 5.75 Å². The van der Waals surface area contributed by atoms with Gasteiger partial charge in [0.05, 0.1) is 17.9 Å². The molecule has 5 heteroatoms. The largest absolute Gasteiger partial charge is 0.494 e. The molecule has 4 rings (SSSR count). The standard InChI is InChI=1S/C26H30N2O3/c1-4-15-31-22-12-10-20(11-13-22)23-24(27-14-6-8-19(3)17-27)26(30)28(25(23)29)21-9-5-7-18(2)16-21/h5,7,9-13,16,19H,4,6,8,14-15,17H2,1-3H3. The molecule has 1 saturated heterocycles. The van der Waals surface area contributed by atoms with Gasteiger partial charge < -0.3 is 9.64 Å². The summed E-state index contributed by atoms with van der Waals surface area (Å²) < 4.78 is 5.69.